The molecule has 0 saturated carbocycles. The standard InChI is InChI=1S/C14H13NO3/c1-9-3-5-10(6-4-9)13(16)11-7-8-12(14(17)18)15(11)2/h3-8H,1-2H3,(H,17,18). The van der Waals surface area contributed by atoms with Crippen molar-refractivity contribution in [3.8, 4) is 0 Å². The summed E-state index contributed by atoms with van der Waals surface area (Å²) < 4.78 is 1.39. The van der Waals surface area contributed by atoms with E-state index in [0.717, 1.165) is 5.56 Å². The van der Waals surface area contributed by atoms with Crippen LogP contribution in [0, 0.1) is 6.92 Å². The van der Waals surface area contributed by atoms with Gasteiger partial charge >= 0.3 is 5.97 Å². The molecule has 0 aliphatic carbocycles. The summed E-state index contributed by atoms with van der Waals surface area (Å²) in [5.41, 5.74) is 2.10. The molecule has 0 saturated heterocycles. The summed E-state index contributed by atoms with van der Waals surface area (Å²) >= 11 is 0. The van der Waals surface area contributed by atoms with Gasteiger partial charge in [-0.05, 0) is 19.1 Å². The summed E-state index contributed by atoms with van der Waals surface area (Å²) in [4.78, 5) is 23.1. The van der Waals surface area contributed by atoms with Crippen molar-refractivity contribution in [1.82, 2.24) is 4.57 Å². The van der Waals surface area contributed by atoms with Gasteiger partial charge in [0.25, 0.3) is 0 Å². The Hall–Kier alpha value is -2.36. The second-order valence-electron chi connectivity index (χ2n) is 4.16. The van der Waals surface area contributed by atoms with Crippen molar-refractivity contribution < 1.29 is 14.7 Å². The van der Waals surface area contributed by atoms with E-state index in [9.17, 15) is 9.59 Å². The Morgan fingerprint density at radius 3 is 2.06 bits per heavy atom. The third-order valence-electron chi connectivity index (χ3n) is 2.89. The van der Waals surface area contributed by atoms with Crippen LogP contribution in [0.15, 0.2) is 36.4 Å². The first-order valence-electron chi connectivity index (χ1n) is 5.51. The number of carboxylic acids is 1. The van der Waals surface area contributed by atoms with Crippen molar-refractivity contribution in [3.63, 3.8) is 0 Å². The van der Waals surface area contributed by atoms with Gasteiger partial charge in [0, 0.05) is 12.6 Å². The lowest BCUT2D eigenvalue weighted by Crippen LogP contribution is -2.11. The molecule has 0 radical (unpaired) electrons. The van der Waals surface area contributed by atoms with E-state index in [4.69, 9.17) is 5.11 Å². The van der Waals surface area contributed by atoms with Crippen LogP contribution in [0.2, 0.25) is 0 Å². The van der Waals surface area contributed by atoms with Crippen molar-refractivity contribution in [1.29, 1.82) is 0 Å². The second kappa shape index (κ2) is 4.49. The number of nitrogens with zero attached hydrogens (tertiary/aromatic N) is 1. The average Bonchev–Trinajstić information content (AvgIpc) is 2.71. The number of hydrogen-bond acceptors (Lipinski definition) is 2. The van der Waals surface area contributed by atoms with E-state index in [-0.39, 0.29) is 11.5 Å². The number of carbonyl (C=O) groups is 2. The molecule has 4 nitrogen and oxygen atoms in total. The zero-order chi connectivity index (χ0) is 13.3. The van der Waals surface area contributed by atoms with Crippen LogP contribution < -0.4 is 0 Å². The first kappa shape index (κ1) is 12.1. The van der Waals surface area contributed by atoms with E-state index in [0.29, 0.717) is 11.3 Å². The topological polar surface area (TPSA) is 59.3 Å². The van der Waals surface area contributed by atoms with Crippen LogP contribution in [0.25, 0.3) is 0 Å². The van der Waals surface area contributed by atoms with Gasteiger partial charge in [0.1, 0.15) is 5.69 Å². The highest BCUT2D eigenvalue weighted by Crippen LogP contribution is 2.14. The third kappa shape index (κ3) is 2.05. The molecule has 2 aromatic rings. The fourth-order valence-electron chi connectivity index (χ4n) is 1.81. The van der Waals surface area contributed by atoms with Crippen LogP contribution in [-0.4, -0.2) is 21.4 Å². The van der Waals surface area contributed by atoms with Crippen molar-refractivity contribution in [2.45, 2.75) is 6.92 Å². The van der Waals surface area contributed by atoms with Crippen molar-refractivity contribution in [3.05, 3.63) is 58.9 Å². The predicted molar refractivity (Wildman–Crippen MR) is 67.0 cm³/mol. The minimum absolute atomic E-state index is 0.102. The van der Waals surface area contributed by atoms with Crippen LogP contribution in [-0.2, 0) is 7.05 Å². The Morgan fingerprint density at radius 1 is 1.00 bits per heavy atom. The number of aryl methyl sites for hydroxylation is 1. The number of rotatable bonds is 3. The summed E-state index contributed by atoms with van der Waals surface area (Å²) in [5.74, 6) is -1.22. The first-order valence-corrected chi connectivity index (χ1v) is 5.51. The monoisotopic (exact) mass is 243 g/mol. The smallest absolute Gasteiger partial charge is 0.352 e. The van der Waals surface area contributed by atoms with E-state index >= 15 is 0 Å². The molecule has 0 aliphatic rings. The Balaban J connectivity index is 2.40. The Bertz CT molecular complexity index is 608. The van der Waals surface area contributed by atoms with Crippen molar-refractivity contribution in [2.24, 2.45) is 7.05 Å². The first-order chi connectivity index (χ1) is 8.50. The molecule has 0 unspecified atom stereocenters. The maximum atomic E-state index is 12.2. The highest BCUT2D eigenvalue weighted by atomic mass is 16.4. The highest BCUT2D eigenvalue weighted by molar-refractivity contribution is 6.08. The molecule has 0 amide bonds. The quantitative estimate of drug-likeness (QED) is 0.841. The van der Waals surface area contributed by atoms with E-state index in [1.165, 1.54) is 16.7 Å². The number of carboxylic acid groups (broad SMARTS) is 1. The Labute approximate surface area is 104 Å². The van der Waals surface area contributed by atoms with Gasteiger partial charge in [-0.2, -0.15) is 0 Å². The molecule has 1 aromatic heterocycles. The summed E-state index contributed by atoms with van der Waals surface area (Å²) in [5, 5.41) is 8.94. The summed E-state index contributed by atoms with van der Waals surface area (Å²) in [7, 11) is 1.57. The van der Waals surface area contributed by atoms with Crippen LogP contribution in [0.5, 0.6) is 0 Å². The number of aromatic carboxylic acids is 1. The van der Waals surface area contributed by atoms with Crippen molar-refractivity contribution in [2.75, 3.05) is 0 Å². The lowest BCUT2D eigenvalue weighted by Gasteiger charge is -2.05. The number of aromatic nitrogens is 1. The molecule has 0 bridgehead atoms. The van der Waals surface area contributed by atoms with E-state index in [2.05, 4.69) is 0 Å². The Kier molecular flexibility index (Phi) is 3.02. The summed E-state index contributed by atoms with van der Waals surface area (Å²) in [6.45, 7) is 1.94. The lowest BCUT2D eigenvalue weighted by molar-refractivity contribution is 0.0686. The van der Waals surface area contributed by atoms with Crippen molar-refractivity contribution >= 4 is 11.8 Å². The van der Waals surface area contributed by atoms with E-state index in [1.807, 2.05) is 19.1 Å². The summed E-state index contributed by atoms with van der Waals surface area (Å²) in [6, 6.07) is 10.2. The molecule has 1 aromatic carbocycles. The molecule has 0 aliphatic heterocycles. The third-order valence-corrected chi connectivity index (χ3v) is 2.89. The normalized spacial score (nSPS) is 10.3. The molecule has 1 heterocycles. The van der Waals surface area contributed by atoms with Gasteiger partial charge in [0.15, 0.2) is 0 Å². The molecule has 0 spiro atoms. The minimum Gasteiger partial charge on any atom is -0.477 e. The molecule has 4 heteroatoms. The van der Waals surface area contributed by atoms with E-state index in [1.54, 1.807) is 19.2 Å². The fourth-order valence-corrected chi connectivity index (χ4v) is 1.81. The molecular weight excluding hydrogens is 230 g/mol. The average molecular weight is 243 g/mol. The number of ketones is 1. The van der Waals surface area contributed by atoms with E-state index < -0.39 is 5.97 Å². The lowest BCUT2D eigenvalue weighted by atomic mass is 10.1. The van der Waals surface area contributed by atoms with Crippen LogP contribution in [0.4, 0.5) is 0 Å². The van der Waals surface area contributed by atoms with Crippen LogP contribution >= 0.6 is 0 Å². The molecule has 0 atom stereocenters. The summed E-state index contributed by atoms with van der Waals surface area (Å²) in [6.07, 6.45) is 0. The number of carbonyl (C=O) groups excluding carboxylic acids is 1. The van der Waals surface area contributed by atoms with Crippen LogP contribution in [0.1, 0.15) is 32.1 Å². The highest BCUT2D eigenvalue weighted by Gasteiger charge is 2.17. The van der Waals surface area contributed by atoms with Gasteiger partial charge < -0.3 is 9.67 Å². The largest absolute Gasteiger partial charge is 0.477 e. The fraction of sp³-hybridized carbons (Fsp3) is 0.143. The van der Waals surface area contributed by atoms with Gasteiger partial charge in [-0.3, -0.25) is 4.79 Å². The SMILES string of the molecule is Cc1ccc(C(=O)c2ccc(C(=O)O)n2C)cc1. The second-order valence-corrected chi connectivity index (χ2v) is 4.16. The Morgan fingerprint density at radius 2 is 1.56 bits per heavy atom. The number of hydrogen-bond donors (Lipinski definition) is 1. The molecular formula is C14H13NO3. The maximum Gasteiger partial charge on any atom is 0.352 e. The van der Waals surface area contributed by atoms with Gasteiger partial charge in [-0.25, -0.2) is 4.79 Å². The number of benzene rings is 1. The molecule has 2 rings (SSSR count). The molecule has 1 N–H and O–H groups in total. The predicted octanol–water partition coefficient (Wildman–Crippen LogP) is 2.26. The molecule has 18 heavy (non-hydrogen) atoms. The zero-order valence-corrected chi connectivity index (χ0v) is 10.2. The minimum atomic E-state index is -1.04. The van der Waals surface area contributed by atoms with Gasteiger partial charge in [0.2, 0.25) is 5.78 Å². The van der Waals surface area contributed by atoms with Gasteiger partial charge in [0.05, 0.1) is 5.69 Å². The maximum absolute atomic E-state index is 12.2. The van der Waals surface area contributed by atoms with Gasteiger partial charge in [-0.15, -0.1) is 0 Å². The molecule has 0 fully saturated rings. The molecule has 92 valence electrons. The van der Waals surface area contributed by atoms with Crippen LogP contribution in [0.3, 0.4) is 0 Å². The van der Waals surface area contributed by atoms with Gasteiger partial charge in [-0.1, -0.05) is 29.8 Å². The zero-order valence-electron chi connectivity index (χ0n) is 10.2.